The number of phenols is 2. The summed E-state index contributed by atoms with van der Waals surface area (Å²) in [6, 6.07) is 16.8. The third-order valence-corrected chi connectivity index (χ3v) is 10.3. The number of methoxy groups -OCH3 is 1. The van der Waals surface area contributed by atoms with Gasteiger partial charge in [-0.25, -0.2) is 14.6 Å². The molecule has 2 aliphatic carbocycles. The SMILES string of the molecule is COc1cc(O)ccc1[C@H]1C2=CC[C@@H]3C(=O)N(c4ccc(C(=O)O)c(O)c4)C(=O)[C@@H]3[C@@H]2C[C@H]2C(=O)N(c3ccccc3)C(=O)[C@@]12C. The highest BCUT2D eigenvalue weighted by molar-refractivity contribution is 6.25. The van der Waals surface area contributed by atoms with Gasteiger partial charge in [-0.1, -0.05) is 35.9 Å². The van der Waals surface area contributed by atoms with Crippen molar-refractivity contribution in [3.8, 4) is 17.2 Å². The first-order chi connectivity index (χ1) is 22.0. The van der Waals surface area contributed by atoms with Gasteiger partial charge in [0.15, 0.2) is 0 Å². The molecule has 46 heavy (non-hydrogen) atoms. The number of anilines is 2. The number of carbonyl (C=O) groups excluding carboxylic acids is 4. The van der Waals surface area contributed by atoms with E-state index in [1.165, 1.54) is 30.2 Å². The number of aromatic carboxylic acids is 1. The fourth-order valence-electron chi connectivity index (χ4n) is 8.22. The van der Waals surface area contributed by atoms with Crippen molar-refractivity contribution in [2.24, 2.45) is 29.1 Å². The number of phenolic OH excluding ortho intramolecular Hbond substituents is 1. The third kappa shape index (κ3) is 3.93. The van der Waals surface area contributed by atoms with E-state index in [4.69, 9.17) is 4.74 Å². The van der Waals surface area contributed by atoms with Crippen molar-refractivity contribution in [3.63, 3.8) is 0 Å². The Kier molecular flexibility index (Phi) is 6.55. The Morgan fingerprint density at radius 1 is 0.870 bits per heavy atom. The van der Waals surface area contributed by atoms with E-state index >= 15 is 0 Å². The summed E-state index contributed by atoms with van der Waals surface area (Å²) < 4.78 is 5.67. The maximum Gasteiger partial charge on any atom is 0.339 e. The second kappa shape index (κ2) is 10.3. The Hall–Kier alpha value is -5.45. The van der Waals surface area contributed by atoms with Crippen LogP contribution < -0.4 is 14.5 Å². The highest BCUT2D eigenvalue weighted by Gasteiger charge is 2.68. The molecular formula is C35H30N2O9. The van der Waals surface area contributed by atoms with Crippen LogP contribution in [-0.4, -0.2) is 52.0 Å². The number of benzene rings is 3. The topological polar surface area (TPSA) is 162 Å². The molecule has 3 fully saturated rings. The normalized spacial score (nSPS) is 28.5. The van der Waals surface area contributed by atoms with Gasteiger partial charge in [-0.05, 0) is 56.0 Å². The van der Waals surface area contributed by atoms with Gasteiger partial charge in [-0.15, -0.1) is 0 Å². The van der Waals surface area contributed by atoms with Crippen molar-refractivity contribution in [2.75, 3.05) is 16.9 Å². The molecule has 2 saturated heterocycles. The van der Waals surface area contributed by atoms with Gasteiger partial charge < -0.3 is 20.1 Å². The lowest BCUT2D eigenvalue weighted by Gasteiger charge is -2.49. The number of allylic oxidation sites excluding steroid dienone is 2. The Morgan fingerprint density at radius 3 is 2.28 bits per heavy atom. The van der Waals surface area contributed by atoms with Crippen LogP contribution in [-0.2, 0) is 19.2 Å². The molecule has 7 rings (SSSR count). The van der Waals surface area contributed by atoms with E-state index in [0.717, 1.165) is 22.6 Å². The molecule has 4 amide bonds. The van der Waals surface area contributed by atoms with Crippen LogP contribution >= 0.6 is 0 Å². The Balaban J connectivity index is 1.36. The standard InChI is InChI=1S/C35H30N2O9/c1-35-25(31(41)37(34(35)45)17-6-4-3-5-7-17)16-24-20(29(35)22-11-9-19(38)15-27(22)46-2)12-13-23-28(24)32(42)36(30(23)40)18-8-10-21(33(43)44)26(39)14-18/h3-12,14-15,23-25,28-29,38-39H,13,16H2,1-2H3,(H,43,44)/t23-,24+,25-,28-,29+,35+/m0/s1. The van der Waals surface area contributed by atoms with Gasteiger partial charge in [0.2, 0.25) is 23.6 Å². The number of carbonyl (C=O) groups is 5. The number of hydrogen-bond donors (Lipinski definition) is 3. The van der Waals surface area contributed by atoms with E-state index in [9.17, 15) is 39.3 Å². The first-order valence-corrected chi connectivity index (χ1v) is 14.9. The molecule has 0 spiro atoms. The molecule has 2 heterocycles. The molecule has 11 nitrogen and oxygen atoms in total. The molecule has 1 saturated carbocycles. The number of aromatic hydroxyl groups is 2. The number of imide groups is 2. The number of nitrogens with zero attached hydrogens (tertiary/aromatic N) is 2. The fraction of sp³-hybridized carbons (Fsp3) is 0.286. The van der Waals surface area contributed by atoms with Gasteiger partial charge in [0.1, 0.15) is 22.8 Å². The van der Waals surface area contributed by atoms with E-state index in [1.54, 1.807) is 43.3 Å². The summed E-state index contributed by atoms with van der Waals surface area (Å²) in [7, 11) is 1.45. The van der Waals surface area contributed by atoms with Gasteiger partial charge in [0.05, 0.1) is 41.7 Å². The molecular weight excluding hydrogens is 592 g/mol. The van der Waals surface area contributed by atoms with Crippen LogP contribution in [0.15, 0.2) is 78.4 Å². The summed E-state index contributed by atoms with van der Waals surface area (Å²) in [5.41, 5.74) is 0.147. The van der Waals surface area contributed by atoms with Crippen molar-refractivity contribution in [3.05, 3.63) is 89.5 Å². The molecule has 3 aromatic carbocycles. The predicted octanol–water partition coefficient (Wildman–Crippen LogP) is 4.24. The summed E-state index contributed by atoms with van der Waals surface area (Å²) >= 11 is 0. The molecule has 0 aromatic heterocycles. The minimum absolute atomic E-state index is 0.0449. The van der Waals surface area contributed by atoms with Gasteiger partial charge in [0.25, 0.3) is 0 Å². The van der Waals surface area contributed by atoms with E-state index in [0.29, 0.717) is 17.0 Å². The van der Waals surface area contributed by atoms with E-state index in [1.807, 2.05) is 6.08 Å². The minimum atomic E-state index is -1.35. The van der Waals surface area contributed by atoms with Crippen LogP contribution in [0.4, 0.5) is 11.4 Å². The van der Waals surface area contributed by atoms with Crippen molar-refractivity contribution in [1.29, 1.82) is 0 Å². The first-order valence-electron chi connectivity index (χ1n) is 14.9. The van der Waals surface area contributed by atoms with Gasteiger partial charge in [-0.3, -0.25) is 19.2 Å². The van der Waals surface area contributed by atoms with Crippen molar-refractivity contribution >= 4 is 41.0 Å². The molecule has 0 radical (unpaired) electrons. The summed E-state index contributed by atoms with van der Waals surface area (Å²) in [6.07, 6.45) is 2.23. The molecule has 6 atom stereocenters. The van der Waals surface area contributed by atoms with Crippen LogP contribution in [0.25, 0.3) is 0 Å². The number of fused-ring (bicyclic) bond motifs is 4. The largest absolute Gasteiger partial charge is 0.508 e. The van der Waals surface area contributed by atoms with Crippen molar-refractivity contribution < 1.29 is 44.0 Å². The van der Waals surface area contributed by atoms with Crippen molar-refractivity contribution in [2.45, 2.75) is 25.7 Å². The van der Waals surface area contributed by atoms with Gasteiger partial charge in [0, 0.05) is 23.6 Å². The summed E-state index contributed by atoms with van der Waals surface area (Å²) in [6.45, 7) is 1.77. The second-order valence-corrected chi connectivity index (χ2v) is 12.4. The monoisotopic (exact) mass is 622 g/mol. The summed E-state index contributed by atoms with van der Waals surface area (Å²) in [4.78, 5) is 70.4. The molecule has 0 bridgehead atoms. The maximum atomic E-state index is 14.5. The number of para-hydroxylation sites is 1. The average molecular weight is 623 g/mol. The third-order valence-electron chi connectivity index (χ3n) is 10.3. The molecule has 3 N–H and O–H groups in total. The lowest BCUT2D eigenvalue weighted by atomic mass is 9.51. The lowest BCUT2D eigenvalue weighted by molar-refractivity contribution is -0.131. The van der Waals surface area contributed by atoms with Crippen LogP contribution in [0, 0.1) is 29.1 Å². The maximum absolute atomic E-state index is 14.5. The van der Waals surface area contributed by atoms with E-state index in [-0.39, 0.29) is 35.7 Å². The number of carboxylic acids is 1. The minimum Gasteiger partial charge on any atom is -0.508 e. The van der Waals surface area contributed by atoms with Crippen molar-refractivity contribution in [1.82, 2.24) is 0 Å². The Morgan fingerprint density at radius 2 is 1.61 bits per heavy atom. The number of amides is 4. The van der Waals surface area contributed by atoms with E-state index in [2.05, 4.69) is 0 Å². The second-order valence-electron chi connectivity index (χ2n) is 12.4. The molecule has 234 valence electrons. The average Bonchev–Trinajstić information content (AvgIpc) is 3.40. The quantitative estimate of drug-likeness (QED) is 0.279. The first kappa shape index (κ1) is 29.3. The zero-order valence-corrected chi connectivity index (χ0v) is 24.9. The molecule has 11 heteroatoms. The van der Waals surface area contributed by atoms with Gasteiger partial charge >= 0.3 is 5.97 Å². The van der Waals surface area contributed by atoms with Crippen LogP contribution in [0.3, 0.4) is 0 Å². The lowest BCUT2D eigenvalue weighted by Crippen LogP contribution is -2.49. The highest BCUT2D eigenvalue weighted by Crippen LogP contribution is 2.64. The zero-order chi connectivity index (χ0) is 32.7. The van der Waals surface area contributed by atoms with Gasteiger partial charge in [-0.2, -0.15) is 0 Å². The summed E-state index contributed by atoms with van der Waals surface area (Å²) in [5, 5.41) is 29.9. The smallest absolute Gasteiger partial charge is 0.339 e. The molecule has 0 unspecified atom stereocenters. The molecule has 2 aliphatic heterocycles. The fourth-order valence-corrected chi connectivity index (χ4v) is 8.22. The molecule has 4 aliphatic rings. The number of carboxylic acid groups (broad SMARTS) is 1. The number of hydrogen-bond acceptors (Lipinski definition) is 8. The highest BCUT2D eigenvalue weighted by atomic mass is 16.5. The zero-order valence-electron chi connectivity index (χ0n) is 24.9. The van der Waals surface area contributed by atoms with E-state index < -0.39 is 64.4 Å². The molecule has 3 aromatic rings. The van der Waals surface area contributed by atoms with Crippen LogP contribution in [0.5, 0.6) is 17.2 Å². The predicted molar refractivity (Wildman–Crippen MR) is 163 cm³/mol. The Labute approximate surface area is 263 Å². The number of ether oxygens (including phenoxy) is 1. The van der Waals surface area contributed by atoms with Crippen LogP contribution in [0.1, 0.15) is 41.6 Å². The van der Waals surface area contributed by atoms with Crippen LogP contribution in [0.2, 0.25) is 0 Å². The number of rotatable bonds is 5. The Bertz CT molecular complexity index is 1890. The summed E-state index contributed by atoms with van der Waals surface area (Å²) in [5.74, 6) is -7.25.